The molecule has 2 amide bonds. The zero-order chi connectivity index (χ0) is 14.9. The Morgan fingerprint density at radius 2 is 1.33 bits per heavy atom. The van der Waals surface area contributed by atoms with Crippen LogP contribution in [0.5, 0.6) is 0 Å². The number of carbonyl (C=O) groups excluding carboxylic acids is 2. The van der Waals surface area contributed by atoms with Gasteiger partial charge in [0.05, 0.1) is 31.9 Å². The van der Waals surface area contributed by atoms with Gasteiger partial charge in [0, 0.05) is 0 Å². The number of fused-ring (bicyclic) bond motifs is 5. The van der Waals surface area contributed by atoms with Crippen molar-refractivity contribution in [3.05, 3.63) is 50.5 Å². The van der Waals surface area contributed by atoms with E-state index in [2.05, 4.69) is 0 Å². The average molecular weight is 341 g/mol. The molecule has 0 radical (unpaired) electrons. The summed E-state index contributed by atoms with van der Waals surface area (Å²) in [6.45, 7) is 0. The first-order chi connectivity index (χ1) is 9.99. The topological polar surface area (TPSA) is 50.5 Å². The van der Waals surface area contributed by atoms with Crippen LogP contribution in [-0.4, -0.2) is 11.8 Å². The molecule has 0 aliphatic carbocycles. The fraction of sp³-hybridized carbons (Fsp3) is 0. The summed E-state index contributed by atoms with van der Waals surface area (Å²) in [6.07, 6.45) is 0. The van der Waals surface area contributed by atoms with Gasteiger partial charge in [-0.1, -0.05) is 34.8 Å². The molecule has 0 spiro atoms. The molecule has 104 valence electrons. The molecular weight excluding hydrogens is 337 g/mol. The molecule has 3 aromatic rings. The van der Waals surface area contributed by atoms with Crippen molar-refractivity contribution < 1.29 is 14.0 Å². The number of hydrogen-bond donors (Lipinski definition) is 0. The normalized spacial score (nSPS) is 14.5. The van der Waals surface area contributed by atoms with E-state index in [0.717, 1.165) is 4.90 Å². The number of nitrogens with zero attached hydrogens (tertiary/aromatic N) is 1. The van der Waals surface area contributed by atoms with Crippen LogP contribution in [0.2, 0.25) is 15.1 Å². The van der Waals surface area contributed by atoms with Crippen LogP contribution < -0.4 is 4.90 Å². The highest BCUT2D eigenvalue weighted by Crippen LogP contribution is 2.41. The number of carbonyl (C=O) groups is 2. The van der Waals surface area contributed by atoms with Crippen molar-refractivity contribution >= 4 is 63.5 Å². The third-order valence-electron chi connectivity index (χ3n) is 3.41. The molecule has 7 heteroatoms. The largest absolute Gasteiger partial charge is 0.456 e. The molecular formula is C14H4Cl3NO3. The predicted octanol–water partition coefficient (Wildman–Crippen LogP) is 4.63. The monoisotopic (exact) mass is 339 g/mol. The summed E-state index contributed by atoms with van der Waals surface area (Å²) in [5, 5.41) is 0.628. The van der Waals surface area contributed by atoms with Crippen molar-refractivity contribution in [2.45, 2.75) is 0 Å². The lowest BCUT2D eigenvalue weighted by molar-refractivity contribution is 0.0926. The lowest BCUT2D eigenvalue weighted by atomic mass is 10.1. The number of amides is 2. The Kier molecular flexibility index (Phi) is 2.55. The van der Waals surface area contributed by atoms with Crippen LogP contribution in [0.25, 0.3) is 11.2 Å². The first-order valence-corrected chi connectivity index (χ1v) is 7.00. The highest BCUT2D eigenvalue weighted by Gasteiger charge is 2.43. The summed E-state index contributed by atoms with van der Waals surface area (Å²) in [5.74, 6) is -0.964. The molecule has 4 rings (SSSR count). The molecule has 21 heavy (non-hydrogen) atoms. The van der Waals surface area contributed by atoms with Crippen LogP contribution in [0, 0.1) is 0 Å². The fourth-order valence-corrected chi connectivity index (χ4v) is 3.12. The molecule has 0 fully saturated rings. The van der Waals surface area contributed by atoms with Crippen molar-refractivity contribution in [3.8, 4) is 0 Å². The van der Waals surface area contributed by atoms with Crippen molar-refractivity contribution in [2.24, 2.45) is 0 Å². The van der Waals surface area contributed by atoms with Gasteiger partial charge in [-0.05, 0) is 24.3 Å². The average Bonchev–Trinajstić information content (AvgIpc) is 3.09. The van der Waals surface area contributed by atoms with E-state index < -0.39 is 11.8 Å². The lowest BCUT2D eigenvalue weighted by Crippen LogP contribution is -2.29. The molecule has 1 aromatic carbocycles. The summed E-state index contributed by atoms with van der Waals surface area (Å²) < 4.78 is 5.34. The van der Waals surface area contributed by atoms with Gasteiger partial charge < -0.3 is 4.42 Å². The van der Waals surface area contributed by atoms with Gasteiger partial charge in [-0.2, -0.15) is 0 Å². The second-order valence-corrected chi connectivity index (χ2v) is 5.80. The highest BCUT2D eigenvalue weighted by atomic mass is 35.5. The van der Waals surface area contributed by atoms with Gasteiger partial charge in [0.1, 0.15) is 11.2 Å². The third-order valence-corrected chi connectivity index (χ3v) is 4.44. The molecule has 0 saturated carbocycles. The Labute approximate surface area is 133 Å². The molecule has 2 aromatic heterocycles. The smallest absolute Gasteiger partial charge is 0.270 e. The van der Waals surface area contributed by atoms with Crippen LogP contribution >= 0.6 is 34.8 Å². The van der Waals surface area contributed by atoms with E-state index in [0.29, 0.717) is 11.2 Å². The molecule has 4 nitrogen and oxygen atoms in total. The molecule has 1 aliphatic heterocycles. The Balaban J connectivity index is 1.92. The Bertz CT molecular complexity index is 886. The van der Waals surface area contributed by atoms with Gasteiger partial charge >= 0.3 is 0 Å². The first kappa shape index (κ1) is 13.0. The minimum absolute atomic E-state index is 0.170. The number of furan rings is 2. The van der Waals surface area contributed by atoms with Crippen LogP contribution in [-0.2, 0) is 0 Å². The zero-order valence-corrected chi connectivity index (χ0v) is 12.4. The molecule has 2 bridgehead atoms. The summed E-state index contributed by atoms with van der Waals surface area (Å²) in [5.41, 5.74) is 1.50. The van der Waals surface area contributed by atoms with E-state index in [1.807, 2.05) is 0 Å². The minimum Gasteiger partial charge on any atom is -0.456 e. The van der Waals surface area contributed by atoms with Crippen molar-refractivity contribution in [1.82, 2.24) is 0 Å². The molecule has 3 heterocycles. The standard InChI is InChI=1S/C14H4Cl3NO3/c15-5-3-7(17)8(4-6(5)16)18-13(19)11-9-1-2-10(21-9)12(11)14(18)20/h1-4H. The van der Waals surface area contributed by atoms with Crippen molar-refractivity contribution in [2.75, 3.05) is 4.90 Å². The summed E-state index contributed by atoms with van der Waals surface area (Å²) in [6, 6.07) is 6.10. The summed E-state index contributed by atoms with van der Waals surface area (Å²) in [4.78, 5) is 26.0. The number of halogens is 3. The molecule has 0 unspecified atom stereocenters. The maximum Gasteiger partial charge on any atom is 0.270 e. The zero-order valence-electron chi connectivity index (χ0n) is 10.1. The van der Waals surface area contributed by atoms with E-state index in [-0.39, 0.29) is 31.9 Å². The van der Waals surface area contributed by atoms with E-state index in [1.54, 1.807) is 12.1 Å². The van der Waals surface area contributed by atoms with Gasteiger partial charge in [0.25, 0.3) is 11.8 Å². The van der Waals surface area contributed by atoms with Crippen LogP contribution in [0.3, 0.4) is 0 Å². The first-order valence-electron chi connectivity index (χ1n) is 5.87. The Morgan fingerprint density at radius 1 is 0.810 bits per heavy atom. The molecule has 1 aliphatic rings. The Morgan fingerprint density at radius 3 is 1.90 bits per heavy atom. The van der Waals surface area contributed by atoms with Gasteiger partial charge in [-0.3, -0.25) is 9.59 Å². The van der Waals surface area contributed by atoms with Gasteiger partial charge in [0.2, 0.25) is 0 Å². The minimum atomic E-state index is -0.482. The van der Waals surface area contributed by atoms with Crippen LogP contribution in [0.4, 0.5) is 5.69 Å². The number of rotatable bonds is 1. The molecule has 0 N–H and O–H groups in total. The van der Waals surface area contributed by atoms with E-state index in [4.69, 9.17) is 39.2 Å². The number of hydrogen-bond acceptors (Lipinski definition) is 3. The van der Waals surface area contributed by atoms with E-state index in [9.17, 15) is 9.59 Å². The SMILES string of the molecule is O=C1c2c(c3ccc2o3)C(=O)N1c1cc(Cl)c(Cl)cc1Cl. The van der Waals surface area contributed by atoms with Crippen molar-refractivity contribution in [3.63, 3.8) is 0 Å². The van der Waals surface area contributed by atoms with Gasteiger partial charge in [-0.25, -0.2) is 4.90 Å². The fourth-order valence-electron chi connectivity index (χ4n) is 2.50. The molecule has 0 atom stereocenters. The predicted molar refractivity (Wildman–Crippen MR) is 80.0 cm³/mol. The maximum atomic E-state index is 12.5. The van der Waals surface area contributed by atoms with Gasteiger partial charge in [-0.15, -0.1) is 0 Å². The highest BCUT2D eigenvalue weighted by molar-refractivity contribution is 6.46. The third kappa shape index (κ3) is 1.58. The number of imide groups is 1. The van der Waals surface area contributed by atoms with E-state index in [1.165, 1.54) is 12.1 Å². The van der Waals surface area contributed by atoms with Crippen LogP contribution in [0.15, 0.2) is 28.7 Å². The Hall–Kier alpha value is -1.75. The number of anilines is 1. The maximum absolute atomic E-state index is 12.5. The summed E-state index contributed by atoms with van der Waals surface area (Å²) in [7, 11) is 0. The van der Waals surface area contributed by atoms with Gasteiger partial charge in [0.15, 0.2) is 0 Å². The second-order valence-electron chi connectivity index (χ2n) is 4.58. The van der Waals surface area contributed by atoms with Crippen LogP contribution in [0.1, 0.15) is 20.7 Å². The lowest BCUT2D eigenvalue weighted by Gasteiger charge is -2.16. The quantitative estimate of drug-likeness (QED) is 0.479. The second kappa shape index (κ2) is 4.13. The number of benzene rings is 2. The van der Waals surface area contributed by atoms with E-state index >= 15 is 0 Å². The van der Waals surface area contributed by atoms with Crippen molar-refractivity contribution in [1.29, 1.82) is 0 Å². The molecule has 0 saturated heterocycles. The summed E-state index contributed by atoms with van der Waals surface area (Å²) >= 11 is 17.9.